The van der Waals surface area contributed by atoms with Crippen molar-refractivity contribution in [3.63, 3.8) is 0 Å². The van der Waals surface area contributed by atoms with Crippen LogP contribution in [0.15, 0.2) is 65.6 Å². The first-order valence-electron chi connectivity index (χ1n) is 8.70. The van der Waals surface area contributed by atoms with E-state index in [-0.39, 0.29) is 18.2 Å². The highest BCUT2D eigenvalue weighted by molar-refractivity contribution is 8.00. The van der Waals surface area contributed by atoms with Crippen molar-refractivity contribution in [1.29, 1.82) is 0 Å². The molecule has 0 saturated heterocycles. The number of amides is 3. The Labute approximate surface area is 176 Å². The zero-order chi connectivity index (χ0) is 20.8. The van der Waals surface area contributed by atoms with Gasteiger partial charge in [-0.15, -0.1) is 11.8 Å². The Morgan fingerprint density at radius 3 is 2.48 bits per heavy atom. The zero-order valence-electron chi connectivity index (χ0n) is 15.3. The maximum Gasteiger partial charge on any atom is 0.251 e. The van der Waals surface area contributed by atoms with Crippen LogP contribution >= 0.6 is 23.4 Å². The third-order valence-corrected chi connectivity index (χ3v) is 5.38. The van der Waals surface area contributed by atoms with Gasteiger partial charge >= 0.3 is 0 Å². The Kier molecular flexibility index (Phi) is 6.74. The highest BCUT2D eigenvalue weighted by Crippen LogP contribution is 2.33. The first kappa shape index (κ1) is 20.7. The third kappa shape index (κ3) is 5.49. The van der Waals surface area contributed by atoms with Crippen molar-refractivity contribution >= 4 is 57.5 Å². The summed E-state index contributed by atoms with van der Waals surface area (Å²) in [6.07, 6.45) is 0. The van der Waals surface area contributed by atoms with E-state index < -0.39 is 11.8 Å². The van der Waals surface area contributed by atoms with Crippen molar-refractivity contribution < 1.29 is 14.4 Å². The molecular weight excluding hydrogens is 410 g/mol. The van der Waals surface area contributed by atoms with Crippen LogP contribution in [-0.4, -0.2) is 30.0 Å². The first-order valence-corrected chi connectivity index (χ1v) is 10.1. The molecule has 0 spiro atoms. The Hall–Kier alpha value is -3.03. The summed E-state index contributed by atoms with van der Waals surface area (Å²) in [4.78, 5) is 36.1. The molecule has 0 unspecified atom stereocenters. The lowest BCUT2D eigenvalue weighted by Gasteiger charge is -2.09. The lowest BCUT2D eigenvalue weighted by molar-refractivity contribution is -0.117. The molecule has 3 aromatic rings. The number of fused-ring (bicyclic) bond motifs is 1. The maximum absolute atomic E-state index is 12.4. The number of primary amides is 1. The summed E-state index contributed by atoms with van der Waals surface area (Å²) in [5, 5.41) is 7.75. The number of nitrogens with one attached hydrogen (secondary N) is 2. The predicted octanol–water partition coefficient (Wildman–Crippen LogP) is 3.44. The predicted molar refractivity (Wildman–Crippen MR) is 116 cm³/mol. The lowest BCUT2D eigenvalue weighted by atomic mass is 10.1. The second-order valence-corrected chi connectivity index (χ2v) is 7.59. The lowest BCUT2D eigenvalue weighted by Crippen LogP contribution is -2.33. The van der Waals surface area contributed by atoms with Gasteiger partial charge < -0.3 is 16.4 Å². The van der Waals surface area contributed by atoms with Gasteiger partial charge in [0.05, 0.1) is 12.3 Å². The number of anilines is 1. The van der Waals surface area contributed by atoms with Gasteiger partial charge in [-0.05, 0) is 35.7 Å². The average Bonchev–Trinajstić information content (AvgIpc) is 2.70. The molecule has 29 heavy (non-hydrogen) atoms. The van der Waals surface area contributed by atoms with Crippen molar-refractivity contribution in [2.75, 3.05) is 17.6 Å². The van der Waals surface area contributed by atoms with Gasteiger partial charge in [-0.2, -0.15) is 0 Å². The fraction of sp³-hybridized carbons (Fsp3) is 0.0952. The summed E-state index contributed by atoms with van der Waals surface area (Å²) in [5.74, 6) is -1.11. The molecule has 3 amide bonds. The van der Waals surface area contributed by atoms with Crippen LogP contribution in [-0.2, 0) is 9.59 Å². The number of thioether (sulfide) groups is 1. The van der Waals surface area contributed by atoms with Gasteiger partial charge in [-0.25, -0.2) is 0 Å². The number of nitrogens with two attached hydrogens (primary N) is 1. The van der Waals surface area contributed by atoms with Crippen molar-refractivity contribution in [2.45, 2.75) is 4.90 Å². The molecule has 148 valence electrons. The van der Waals surface area contributed by atoms with Gasteiger partial charge in [0.25, 0.3) is 5.91 Å². The molecule has 0 atom stereocenters. The highest BCUT2D eigenvalue weighted by Gasteiger charge is 2.11. The van der Waals surface area contributed by atoms with Gasteiger partial charge in [-0.3, -0.25) is 14.4 Å². The van der Waals surface area contributed by atoms with E-state index in [0.29, 0.717) is 16.3 Å². The smallest absolute Gasteiger partial charge is 0.251 e. The van der Waals surface area contributed by atoms with Crippen molar-refractivity contribution in [3.05, 3.63) is 71.2 Å². The number of rotatable bonds is 7. The SMILES string of the molecule is NC(=O)CNC(=O)c1cccc(NC(=O)CSc2cccc3cccc(Cl)c23)c1. The number of benzene rings is 3. The number of carbonyl (C=O) groups excluding carboxylic acids is 3. The summed E-state index contributed by atoms with van der Waals surface area (Å²) in [5.41, 5.74) is 5.82. The van der Waals surface area contributed by atoms with E-state index >= 15 is 0 Å². The minimum absolute atomic E-state index is 0.183. The standard InChI is InChI=1S/C21H18ClN3O3S/c22-16-8-2-4-13-5-3-9-17(20(13)16)29-12-19(27)25-15-7-1-6-14(10-15)21(28)24-11-18(23)26/h1-10H,11-12H2,(H2,23,26)(H,24,28)(H,25,27). The van der Waals surface area contributed by atoms with Crippen molar-refractivity contribution in [2.24, 2.45) is 5.73 Å². The van der Waals surface area contributed by atoms with Crippen molar-refractivity contribution in [3.8, 4) is 0 Å². The summed E-state index contributed by atoms with van der Waals surface area (Å²) in [7, 11) is 0. The zero-order valence-corrected chi connectivity index (χ0v) is 16.8. The number of hydrogen-bond donors (Lipinski definition) is 3. The van der Waals surface area contributed by atoms with Crippen LogP contribution in [0.2, 0.25) is 5.02 Å². The number of halogens is 1. The Balaban J connectivity index is 1.64. The molecule has 6 nitrogen and oxygen atoms in total. The van der Waals surface area contributed by atoms with Crippen LogP contribution in [0.4, 0.5) is 5.69 Å². The van der Waals surface area contributed by atoms with Crippen LogP contribution < -0.4 is 16.4 Å². The van der Waals surface area contributed by atoms with Crippen molar-refractivity contribution in [1.82, 2.24) is 5.32 Å². The highest BCUT2D eigenvalue weighted by atomic mass is 35.5. The molecule has 3 aromatic carbocycles. The van der Waals surface area contributed by atoms with Crippen LogP contribution in [0, 0.1) is 0 Å². The molecule has 3 rings (SSSR count). The molecule has 0 aliphatic carbocycles. The average molecular weight is 428 g/mol. The van der Waals surface area contributed by atoms with Crippen LogP contribution in [0.5, 0.6) is 0 Å². The largest absolute Gasteiger partial charge is 0.368 e. The number of carbonyl (C=O) groups is 3. The topological polar surface area (TPSA) is 101 Å². The normalized spacial score (nSPS) is 10.5. The molecule has 8 heteroatoms. The summed E-state index contributed by atoms with van der Waals surface area (Å²) < 4.78 is 0. The van der Waals surface area contributed by atoms with E-state index in [9.17, 15) is 14.4 Å². The maximum atomic E-state index is 12.4. The molecule has 0 aromatic heterocycles. The second-order valence-electron chi connectivity index (χ2n) is 6.16. The Morgan fingerprint density at radius 2 is 1.72 bits per heavy atom. The van der Waals surface area contributed by atoms with Crippen LogP contribution in [0.1, 0.15) is 10.4 Å². The fourth-order valence-corrected chi connectivity index (χ4v) is 3.98. The third-order valence-electron chi connectivity index (χ3n) is 4.01. The summed E-state index contributed by atoms with van der Waals surface area (Å²) >= 11 is 7.71. The number of hydrogen-bond acceptors (Lipinski definition) is 4. The minimum Gasteiger partial charge on any atom is -0.368 e. The molecular formula is C21H18ClN3O3S. The quantitative estimate of drug-likeness (QED) is 0.502. The first-order chi connectivity index (χ1) is 13.9. The van der Waals surface area contributed by atoms with E-state index in [4.69, 9.17) is 17.3 Å². The molecule has 0 fully saturated rings. The fourth-order valence-electron chi connectivity index (χ4n) is 2.73. The van der Waals surface area contributed by atoms with E-state index in [2.05, 4.69) is 10.6 Å². The van der Waals surface area contributed by atoms with Gasteiger partial charge in [0.2, 0.25) is 11.8 Å². The molecule has 4 N–H and O–H groups in total. The van der Waals surface area contributed by atoms with Crippen LogP contribution in [0.3, 0.4) is 0 Å². The molecule has 0 saturated carbocycles. The van der Waals surface area contributed by atoms with Gasteiger partial charge in [-0.1, -0.05) is 41.9 Å². The molecule has 0 radical (unpaired) electrons. The monoisotopic (exact) mass is 427 g/mol. The molecule has 0 aliphatic rings. The van der Waals surface area contributed by atoms with Gasteiger partial charge in [0.15, 0.2) is 0 Å². The summed E-state index contributed by atoms with van der Waals surface area (Å²) in [6, 6.07) is 17.9. The van der Waals surface area contributed by atoms with E-state index in [1.807, 2.05) is 36.4 Å². The summed E-state index contributed by atoms with van der Waals surface area (Å²) in [6.45, 7) is -0.250. The Bertz CT molecular complexity index is 1080. The van der Waals surface area contributed by atoms with E-state index in [1.54, 1.807) is 18.2 Å². The second kappa shape index (κ2) is 9.45. The van der Waals surface area contributed by atoms with E-state index in [1.165, 1.54) is 17.8 Å². The molecule has 0 bridgehead atoms. The van der Waals surface area contributed by atoms with Crippen LogP contribution in [0.25, 0.3) is 10.8 Å². The van der Waals surface area contributed by atoms with Gasteiger partial charge in [0, 0.05) is 26.6 Å². The van der Waals surface area contributed by atoms with E-state index in [0.717, 1.165) is 15.7 Å². The molecule has 0 heterocycles. The Morgan fingerprint density at radius 1 is 1.00 bits per heavy atom. The minimum atomic E-state index is -0.631. The molecule has 0 aliphatic heterocycles. The van der Waals surface area contributed by atoms with Gasteiger partial charge in [0.1, 0.15) is 0 Å².